The fourth-order valence-corrected chi connectivity index (χ4v) is 3.78. The molecular formula is C22H28ClN5O3. The van der Waals surface area contributed by atoms with Gasteiger partial charge in [-0.3, -0.25) is 9.59 Å². The molecule has 1 aliphatic heterocycles. The van der Waals surface area contributed by atoms with Crippen molar-refractivity contribution in [2.24, 2.45) is 0 Å². The molecule has 1 saturated heterocycles. The number of methoxy groups -OCH3 is 1. The Labute approximate surface area is 187 Å². The van der Waals surface area contributed by atoms with E-state index < -0.39 is 0 Å². The molecule has 31 heavy (non-hydrogen) atoms. The highest BCUT2D eigenvalue weighted by Gasteiger charge is 2.32. The van der Waals surface area contributed by atoms with E-state index in [9.17, 15) is 9.59 Å². The van der Waals surface area contributed by atoms with E-state index in [0.717, 1.165) is 12.0 Å². The Morgan fingerprint density at radius 1 is 1.32 bits per heavy atom. The van der Waals surface area contributed by atoms with Crippen molar-refractivity contribution >= 4 is 29.4 Å². The molecule has 1 fully saturated rings. The normalized spacial score (nSPS) is 15.7. The Balaban J connectivity index is 1.76. The molecule has 0 radical (unpaired) electrons. The Kier molecular flexibility index (Phi) is 7.81. The quantitative estimate of drug-likeness (QED) is 0.626. The van der Waals surface area contributed by atoms with E-state index in [1.807, 2.05) is 37.2 Å². The number of amides is 2. The summed E-state index contributed by atoms with van der Waals surface area (Å²) in [5.41, 5.74) is 1.92. The largest absolute Gasteiger partial charge is 0.383 e. The average molecular weight is 446 g/mol. The van der Waals surface area contributed by atoms with Gasteiger partial charge in [-0.05, 0) is 18.1 Å². The van der Waals surface area contributed by atoms with Gasteiger partial charge in [0.05, 0.1) is 24.3 Å². The first-order valence-corrected chi connectivity index (χ1v) is 10.6. The van der Waals surface area contributed by atoms with E-state index in [1.165, 1.54) is 0 Å². The number of benzene rings is 1. The van der Waals surface area contributed by atoms with Crippen LogP contribution in [0.25, 0.3) is 0 Å². The van der Waals surface area contributed by atoms with E-state index >= 15 is 0 Å². The number of rotatable bonds is 8. The van der Waals surface area contributed by atoms with Crippen LogP contribution in [0.5, 0.6) is 0 Å². The minimum absolute atomic E-state index is 0.0172. The standard InChI is InChI=1S/C22H28ClN5O3/c1-27(2)22-25-13-17(21(30)24-9-11-31-3)20(26-22)16-8-10-28(14-16)19(29)12-15-6-4-5-7-18(15)23/h4-7,13,16H,8-12,14H2,1-3H3,(H,24,30). The van der Waals surface area contributed by atoms with Crippen molar-refractivity contribution in [2.75, 3.05) is 52.3 Å². The van der Waals surface area contributed by atoms with Gasteiger partial charge >= 0.3 is 0 Å². The van der Waals surface area contributed by atoms with Crippen molar-refractivity contribution in [3.8, 4) is 0 Å². The molecule has 1 N–H and O–H groups in total. The first kappa shape index (κ1) is 23.0. The second-order valence-electron chi connectivity index (χ2n) is 7.71. The van der Waals surface area contributed by atoms with Crippen LogP contribution in [-0.4, -0.2) is 74.1 Å². The summed E-state index contributed by atoms with van der Waals surface area (Å²) in [5, 5.41) is 3.42. The predicted molar refractivity (Wildman–Crippen MR) is 120 cm³/mol. The summed E-state index contributed by atoms with van der Waals surface area (Å²) in [6.45, 7) is 1.94. The molecular weight excluding hydrogens is 418 g/mol. The fraction of sp³-hybridized carbons (Fsp3) is 0.455. The van der Waals surface area contributed by atoms with Gasteiger partial charge in [-0.25, -0.2) is 9.97 Å². The zero-order valence-electron chi connectivity index (χ0n) is 18.1. The number of nitrogens with zero attached hydrogens (tertiary/aromatic N) is 4. The van der Waals surface area contributed by atoms with Crippen LogP contribution in [-0.2, 0) is 16.0 Å². The highest BCUT2D eigenvalue weighted by molar-refractivity contribution is 6.31. The van der Waals surface area contributed by atoms with E-state index in [2.05, 4.69) is 15.3 Å². The first-order chi connectivity index (χ1) is 14.9. The van der Waals surface area contributed by atoms with Crippen molar-refractivity contribution in [3.63, 3.8) is 0 Å². The van der Waals surface area contributed by atoms with Gasteiger partial charge in [-0.1, -0.05) is 29.8 Å². The van der Waals surface area contributed by atoms with Crippen LogP contribution in [0.4, 0.5) is 5.95 Å². The lowest BCUT2D eigenvalue weighted by molar-refractivity contribution is -0.129. The van der Waals surface area contributed by atoms with Crippen LogP contribution in [0.1, 0.15) is 34.0 Å². The Hall–Kier alpha value is -2.71. The number of hydrogen-bond donors (Lipinski definition) is 1. The van der Waals surface area contributed by atoms with E-state index in [-0.39, 0.29) is 24.2 Å². The SMILES string of the molecule is COCCNC(=O)c1cnc(N(C)C)nc1C1CCN(C(=O)Cc2ccccc2Cl)C1. The molecule has 0 aliphatic carbocycles. The number of nitrogens with one attached hydrogen (secondary N) is 1. The highest BCUT2D eigenvalue weighted by Crippen LogP contribution is 2.30. The molecule has 166 valence electrons. The van der Waals surface area contributed by atoms with E-state index in [4.69, 9.17) is 16.3 Å². The van der Waals surface area contributed by atoms with Gasteiger partial charge in [-0.15, -0.1) is 0 Å². The molecule has 0 bridgehead atoms. The summed E-state index contributed by atoms with van der Waals surface area (Å²) in [5.74, 6) is 0.270. The molecule has 3 rings (SSSR count). The lowest BCUT2D eigenvalue weighted by Gasteiger charge is -2.19. The first-order valence-electron chi connectivity index (χ1n) is 10.2. The third-order valence-corrected chi connectivity index (χ3v) is 5.64. The van der Waals surface area contributed by atoms with Gasteiger partial charge in [0.2, 0.25) is 11.9 Å². The molecule has 1 aromatic heterocycles. The lowest BCUT2D eigenvalue weighted by atomic mass is 9.99. The number of carbonyl (C=O) groups is 2. The maximum atomic E-state index is 12.8. The number of carbonyl (C=O) groups excluding carboxylic acids is 2. The van der Waals surface area contributed by atoms with Crippen LogP contribution in [0, 0.1) is 0 Å². The second-order valence-corrected chi connectivity index (χ2v) is 8.11. The minimum Gasteiger partial charge on any atom is -0.383 e. The number of hydrogen-bond acceptors (Lipinski definition) is 6. The van der Waals surface area contributed by atoms with Crippen LogP contribution in [0.15, 0.2) is 30.5 Å². The van der Waals surface area contributed by atoms with Crippen molar-refractivity contribution in [2.45, 2.75) is 18.8 Å². The molecule has 1 atom stereocenters. The summed E-state index contributed by atoms with van der Waals surface area (Å²) in [6, 6.07) is 7.37. The van der Waals surface area contributed by atoms with Crippen LogP contribution >= 0.6 is 11.6 Å². The van der Waals surface area contributed by atoms with Gasteiger partial charge in [0, 0.05) is 58.0 Å². The zero-order valence-corrected chi connectivity index (χ0v) is 18.9. The molecule has 1 aromatic carbocycles. The maximum Gasteiger partial charge on any atom is 0.254 e. The van der Waals surface area contributed by atoms with E-state index in [0.29, 0.717) is 48.5 Å². The third-order valence-electron chi connectivity index (χ3n) is 5.27. The van der Waals surface area contributed by atoms with Crippen LogP contribution in [0.2, 0.25) is 5.02 Å². The molecule has 9 heteroatoms. The number of anilines is 1. The second kappa shape index (κ2) is 10.5. The van der Waals surface area contributed by atoms with Gasteiger partial charge in [0.1, 0.15) is 0 Å². The topological polar surface area (TPSA) is 87.7 Å². The van der Waals surface area contributed by atoms with Gasteiger partial charge in [0.15, 0.2) is 0 Å². The molecule has 2 aromatic rings. The van der Waals surface area contributed by atoms with Crippen molar-refractivity contribution in [1.29, 1.82) is 0 Å². The summed E-state index contributed by atoms with van der Waals surface area (Å²) >= 11 is 6.21. The van der Waals surface area contributed by atoms with Crippen molar-refractivity contribution < 1.29 is 14.3 Å². The van der Waals surface area contributed by atoms with Crippen LogP contribution in [0.3, 0.4) is 0 Å². The monoisotopic (exact) mass is 445 g/mol. The lowest BCUT2D eigenvalue weighted by Crippen LogP contribution is -2.31. The molecule has 0 spiro atoms. The zero-order chi connectivity index (χ0) is 22.4. The average Bonchev–Trinajstić information content (AvgIpc) is 3.25. The highest BCUT2D eigenvalue weighted by atomic mass is 35.5. The third kappa shape index (κ3) is 5.71. The maximum absolute atomic E-state index is 12.8. The number of likely N-dealkylation sites (tertiary alicyclic amines) is 1. The molecule has 1 unspecified atom stereocenters. The predicted octanol–water partition coefficient (Wildman–Crippen LogP) is 2.13. The minimum atomic E-state index is -0.238. The number of ether oxygens (including phenoxy) is 1. The van der Waals surface area contributed by atoms with Crippen molar-refractivity contribution in [3.05, 3.63) is 52.3 Å². The van der Waals surface area contributed by atoms with Crippen molar-refractivity contribution in [1.82, 2.24) is 20.2 Å². The number of aromatic nitrogens is 2. The van der Waals surface area contributed by atoms with Gasteiger partial charge < -0.3 is 19.9 Å². The molecule has 1 aliphatic rings. The Bertz CT molecular complexity index is 937. The van der Waals surface area contributed by atoms with Crippen LogP contribution < -0.4 is 10.2 Å². The summed E-state index contributed by atoms with van der Waals surface area (Å²) in [6.07, 6.45) is 2.55. The molecule has 8 nitrogen and oxygen atoms in total. The molecule has 2 heterocycles. The molecule has 0 saturated carbocycles. The number of halogens is 1. The molecule has 2 amide bonds. The Morgan fingerprint density at radius 3 is 2.81 bits per heavy atom. The van der Waals surface area contributed by atoms with Gasteiger partial charge in [-0.2, -0.15) is 0 Å². The summed E-state index contributed by atoms with van der Waals surface area (Å²) in [7, 11) is 5.29. The summed E-state index contributed by atoms with van der Waals surface area (Å²) < 4.78 is 5.00. The van der Waals surface area contributed by atoms with E-state index in [1.54, 1.807) is 24.3 Å². The summed E-state index contributed by atoms with van der Waals surface area (Å²) in [4.78, 5) is 38.1. The van der Waals surface area contributed by atoms with Gasteiger partial charge in [0.25, 0.3) is 5.91 Å². The Morgan fingerprint density at radius 2 is 2.10 bits per heavy atom. The fourth-order valence-electron chi connectivity index (χ4n) is 3.58. The smallest absolute Gasteiger partial charge is 0.254 e.